The molecule has 0 bridgehead atoms. The van der Waals surface area contributed by atoms with Crippen molar-refractivity contribution in [2.45, 2.75) is 6.54 Å². The molecule has 7 heteroatoms. The molecule has 25 heavy (non-hydrogen) atoms. The fraction of sp³-hybridized carbons (Fsp3) is 0.278. The summed E-state index contributed by atoms with van der Waals surface area (Å²) in [6.45, 7) is 0.485. The Labute approximate surface area is 145 Å². The first-order valence-corrected chi connectivity index (χ1v) is 7.57. The van der Waals surface area contributed by atoms with E-state index in [2.05, 4.69) is 5.32 Å². The molecule has 5 nitrogen and oxygen atoms in total. The van der Waals surface area contributed by atoms with Crippen LogP contribution >= 0.6 is 0 Å². The maximum absolute atomic E-state index is 13.6. The summed E-state index contributed by atoms with van der Waals surface area (Å²) in [5, 5.41) is 2.43. The van der Waals surface area contributed by atoms with Gasteiger partial charge in [0.05, 0.1) is 26.5 Å². The van der Waals surface area contributed by atoms with E-state index in [1.165, 1.54) is 6.07 Å². The molecule has 0 saturated carbocycles. The van der Waals surface area contributed by atoms with E-state index in [-0.39, 0.29) is 12.2 Å². The molecule has 0 aliphatic heterocycles. The zero-order valence-corrected chi connectivity index (χ0v) is 14.3. The second-order valence-corrected chi connectivity index (χ2v) is 5.52. The number of ether oxygens (including phenoxy) is 2. The zero-order valence-electron chi connectivity index (χ0n) is 14.3. The maximum Gasteiger partial charge on any atom is 0.238 e. The smallest absolute Gasteiger partial charge is 0.238 e. The summed E-state index contributed by atoms with van der Waals surface area (Å²) in [5.41, 5.74) is 0.827. The van der Waals surface area contributed by atoms with Gasteiger partial charge in [-0.15, -0.1) is 0 Å². The van der Waals surface area contributed by atoms with Gasteiger partial charge in [0.25, 0.3) is 0 Å². The van der Waals surface area contributed by atoms with Crippen molar-refractivity contribution in [3.8, 4) is 11.5 Å². The fourth-order valence-electron chi connectivity index (χ4n) is 2.35. The molecule has 0 aromatic heterocycles. The van der Waals surface area contributed by atoms with Crippen LogP contribution in [0.2, 0.25) is 0 Å². The first kappa shape index (κ1) is 18.7. The quantitative estimate of drug-likeness (QED) is 0.834. The Kier molecular flexibility index (Phi) is 6.30. The molecule has 0 heterocycles. The van der Waals surface area contributed by atoms with Crippen LogP contribution in [0.25, 0.3) is 0 Å². The number of carbonyl (C=O) groups is 1. The van der Waals surface area contributed by atoms with Gasteiger partial charge in [0.15, 0.2) is 0 Å². The van der Waals surface area contributed by atoms with E-state index in [4.69, 9.17) is 9.47 Å². The highest BCUT2D eigenvalue weighted by Crippen LogP contribution is 2.25. The van der Waals surface area contributed by atoms with E-state index in [1.54, 1.807) is 38.3 Å². The third-order valence-electron chi connectivity index (χ3n) is 3.55. The number of hydrogen-bond donors (Lipinski definition) is 1. The van der Waals surface area contributed by atoms with Crippen LogP contribution in [0.3, 0.4) is 0 Å². The minimum Gasteiger partial charge on any atom is -0.497 e. The van der Waals surface area contributed by atoms with Crippen LogP contribution in [0.1, 0.15) is 5.56 Å². The average molecular weight is 350 g/mol. The van der Waals surface area contributed by atoms with Crippen molar-refractivity contribution in [2.75, 3.05) is 33.1 Å². The summed E-state index contributed by atoms with van der Waals surface area (Å²) in [6.07, 6.45) is 0. The molecule has 0 spiro atoms. The van der Waals surface area contributed by atoms with Gasteiger partial charge in [-0.05, 0) is 25.2 Å². The van der Waals surface area contributed by atoms with Crippen molar-refractivity contribution in [3.05, 3.63) is 53.6 Å². The maximum atomic E-state index is 13.6. The number of likely N-dealkylation sites (N-methyl/N-ethyl adjacent to an activating group) is 1. The van der Waals surface area contributed by atoms with Crippen molar-refractivity contribution < 1.29 is 23.0 Å². The molecule has 0 aliphatic rings. The van der Waals surface area contributed by atoms with E-state index in [0.717, 1.165) is 17.7 Å². The molecule has 1 amide bonds. The average Bonchev–Trinajstić information content (AvgIpc) is 2.57. The highest BCUT2D eigenvalue weighted by Gasteiger charge is 2.13. The van der Waals surface area contributed by atoms with E-state index in [1.807, 2.05) is 6.07 Å². The Morgan fingerprint density at radius 3 is 2.52 bits per heavy atom. The van der Waals surface area contributed by atoms with Gasteiger partial charge in [-0.1, -0.05) is 6.07 Å². The second kappa shape index (κ2) is 8.43. The first-order valence-electron chi connectivity index (χ1n) is 7.57. The minimum absolute atomic E-state index is 0.0337. The number of rotatable bonds is 7. The summed E-state index contributed by atoms with van der Waals surface area (Å²) in [7, 11) is 4.88. The van der Waals surface area contributed by atoms with Crippen LogP contribution in [0.15, 0.2) is 36.4 Å². The molecular weight excluding hydrogens is 330 g/mol. The molecular formula is C18H20F2N2O3. The lowest BCUT2D eigenvalue weighted by Crippen LogP contribution is -2.30. The summed E-state index contributed by atoms with van der Waals surface area (Å²) in [5.74, 6) is -0.587. The molecule has 0 saturated heterocycles. The Morgan fingerprint density at radius 2 is 1.88 bits per heavy atom. The lowest BCUT2D eigenvalue weighted by atomic mass is 10.2. The number of anilines is 1. The molecule has 2 aromatic rings. The Morgan fingerprint density at radius 1 is 1.12 bits per heavy atom. The van der Waals surface area contributed by atoms with Crippen molar-refractivity contribution in [3.63, 3.8) is 0 Å². The molecule has 1 N–H and O–H groups in total. The predicted octanol–water partition coefficient (Wildman–Crippen LogP) is 3.05. The molecule has 0 atom stereocenters. The third kappa shape index (κ3) is 5.15. The predicted molar refractivity (Wildman–Crippen MR) is 90.9 cm³/mol. The summed E-state index contributed by atoms with van der Waals surface area (Å²) < 4.78 is 36.9. The van der Waals surface area contributed by atoms with Crippen LogP contribution in [0.5, 0.6) is 11.5 Å². The topological polar surface area (TPSA) is 50.8 Å². The summed E-state index contributed by atoms with van der Waals surface area (Å²) in [6, 6.07) is 8.42. The van der Waals surface area contributed by atoms with Gasteiger partial charge in [0.1, 0.15) is 23.1 Å². The second-order valence-electron chi connectivity index (χ2n) is 5.52. The van der Waals surface area contributed by atoms with Crippen molar-refractivity contribution in [2.24, 2.45) is 0 Å². The van der Waals surface area contributed by atoms with E-state index in [9.17, 15) is 13.6 Å². The molecule has 2 aromatic carbocycles. The SMILES string of the molecule is COc1ccc(CN(C)CC(=O)Nc2ccc(F)cc2F)c(OC)c1. The lowest BCUT2D eigenvalue weighted by molar-refractivity contribution is -0.117. The van der Waals surface area contributed by atoms with Crippen molar-refractivity contribution >= 4 is 11.6 Å². The van der Waals surface area contributed by atoms with E-state index in [0.29, 0.717) is 18.0 Å². The summed E-state index contributed by atoms with van der Waals surface area (Å²) in [4.78, 5) is 13.8. The van der Waals surface area contributed by atoms with Crippen LogP contribution in [-0.4, -0.2) is 38.6 Å². The zero-order chi connectivity index (χ0) is 18.4. The van der Waals surface area contributed by atoms with Crippen LogP contribution in [0.4, 0.5) is 14.5 Å². The van der Waals surface area contributed by atoms with Crippen LogP contribution in [-0.2, 0) is 11.3 Å². The van der Waals surface area contributed by atoms with E-state index < -0.39 is 17.5 Å². The number of amides is 1. The van der Waals surface area contributed by atoms with Crippen molar-refractivity contribution in [1.82, 2.24) is 4.90 Å². The molecule has 134 valence electrons. The van der Waals surface area contributed by atoms with Gasteiger partial charge < -0.3 is 14.8 Å². The highest BCUT2D eigenvalue weighted by atomic mass is 19.1. The number of nitrogens with zero attached hydrogens (tertiary/aromatic N) is 1. The summed E-state index contributed by atoms with van der Waals surface area (Å²) >= 11 is 0. The molecule has 0 fully saturated rings. The fourth-order valence-corrected chi connectivity index (χ4v) is 2.35. The minimum atomic E-state index is -0.812. The monoisotopic (exact) mass is 350 g/mol. The normalized spacial score (nSPS) is 10.6. The number of halogens is 2. The molecule has 0 radical (unpaired) electrons. The number of hydrogen-bond acceptors (Lipinski definition) is 4. The number of carbonyl (C=O) groups excluding carboxylic acids is 1. The third-order valence-corrected chi connectivity index (χ3v) is 3.55. The van der Waals surface area contributed by atoms with Gasteiger partial charge in [0.2, 0.25) is 5.91 Å². The van der Waals surface area contributed by atoms with Gasteiger partial charge in [0, 0.05) is 24.2 Å². The standard InChI is InChI=1S/C18H20F2N2O3/c1-22(10-12-4-6-14(24-2)9-17(12)25-3)11-18(23)21-16-7-5-13(19)8-15(16)20/h4-9H,10-11H2,1-3H3,(H,21,23). The number of nitrogens with one attached hydrogen (secondary N) is 1. The number of methoxy groups -OCH3 is 2. The van der Waals surface area contributed by atoms with Crippen LogP contribution in [0, 0.1) is 11.6 Å². The molecule has 2 rings (SSSR count). The Hall–Kier alpha value is -2.67. The largest absolute Gasteiger partial charge is 0.497 e. The highest BCUT2D eigenvalue weighted by molar-refractivity contribution is 5.92. The van der Waals surface area contributed by atoms with Crippen LogP contribution < -0.4 is 14.8 Å². The lowest BCUT2D eigenvalue weighted by Gasteiger charge is -2.18. The van der Waals surface area contributed by atoms with E-state index >= 15 is 0 Å². The Balaban J connectivity index is 1.97. The van der Waals surface area contributed by atoms with Gasteiger partial charge in [-0.25, -0.2) is 8.78 Å². The van der Waals surface area contributed by atoms with Gasteiger partial charge >= 0.3 is 0 Å². The van der Waals surface area contributed by atoms with Gasteiger partial charge in [-0.3, -0.25) is 9.69 Å². The molecule has 0 aliphatic carbocycles. The van der Waals surface area contributed by atoms with Gasteiger partial charge in [-0.2, -0.15) is 0 Å². The Bertz CT molecular complexity index is 753. The molecule has 0 unspecified atom stereocenters. The van der Waals surface area contributed by atoms with Crippen molar-refractivity contribution in [1.29, 1.82) is 0 Å². The number of benzene rings is 2. The first-order chi connectivity index (χ1) is 11.9.